The lowest BCUT2D eigenvalue weighted by Gasteiger charge is -2.33. The first-order chi connectivity index (χ1) is 8.58. The number of carbonyl (C=O) groups is 1. The van der Waals surface area contributed by atoms with Crippen molar-refractivity contribution in [3.63, 3.8) is 0 Å². The molecular weight excluding hydrogens is 232 g/mol. The number of fused-ring (bicyclic) bond motifs is 1. The predicted molar refractivity (Wildman–Crippen MR) is 64.8 cm³/mol. The van der Waals surface area contributed by atoms with Crippen LogP contribution in [0.2, 0.25) is 0 Å². The third-order valence-corrected chi connectivity index (χ3v) is 4.24. The zero-order chi connectivity index (χ0) is 12.8. The monoisotopic (exact) mass is 250 g/mol. The van der Waals surface area contributed by atoms with Gasteiger partial charge in [0, 0.05) is 31.5 Å². The summed E-state index contributed by atoms with van der Waals surface area (Å²) in [6.45, 7) is 2.67. The second kappa shape index (κ2) is 4.07. The lowest BCUT2D eigenvalue weighted by Crippen LogP contribution is -2.48. The number of rotatable bonds is 2. The van der Waals surface area contributed by atoms with Crippen LogP contribution in [0.5, 0.6) is 0 Å². The summed E-state index contributed by atoms with van der Waals surface area (Å²) < 4.78 is 2.15. The van der Waals surface area contributed by atoms with Gasteiger partial charge in [-0.3, -0.25) is 9.69 Å². The molecule has 0 saturated heterocycles. The van der Waals surface area contributed by atoms with E-state index in [1.807, 2.05) is 12.4 Å². The largest absolute Gasteiger partial charge is 0.480 e. The van der Waals surface area contributed by atoms with E-state index >= 15 is 0 Å². The summed E-state index contributed by atoms with van der Waals surface area (Å²) in [4.78, 5) is 17.8. The lowest BCUT2D eigenvalue weighted by atomic mass is 9.99. The molecule has 2 aliphatic rings. The molecule has 2 atom stereocenters. The molecule has 0 bridgehead atoms. The smallest absolute Gasteiger partial charge is 0.323 e. The predicted octanol–water partition coefficient (Wildman–Crippen LogP) is 0.0333. The Hall–Kier alpha value is -1.40. The number of carboxylic acid groups (broad SMARTS) is 1. The first-order valence-corrected chi connectivity index (χ1v) is 6.35. The number of aliphatic carboxylic acids is 1. The highest BCUT2D eigenvalue weighted by Crippen LogP contribution is 2.32. The molecule has 18 heavy (non-hydrogen) atoms. The third-order valence-electron chi connectivity index (χ3n) is 4.24. The van der Waals surface area contributed by atoms with E-state index in [-0.39, 0.29) is 6.04 Å². The molecule has 1 saturated carbocycles. The number of aromatic nitrogens is 2. The zero-order valence-corrected chi connectivity index (χ0v) is 10.2. The van der Waals surface area contributed by atoms with Gasteiger partial charge in [-0.15, -0.1) is 0 Å². The molecule has 1 fully saturated rings. The molecule has 6 heteroatoms. The van der Waals surface area contributed by atoms with Gasteiger partial charge in [0.2, 0.25) is 0 Å². The van der Waals surface area contributed by atoms with Crippen molar-refractivity contribution >= 4 is 5.97 Å². The highest BCUT2D eigenvalue weighted by Gasteiger charge is 2.44. The van der Waals surface area contributed by atoms with Gasteiger partial charge in [0.25, 0.3) is 0 Å². The first kappa shape index (κ1) is 11.7. The summed E-state index contributed by atoms with van der Waals surface area (Å²) in [6.07, 6.45) is 5.79. The normalized spacial score (nSPS) is 32.4. The van der Waals surface area contributed by atoms with Gasteiger partial charge in [0.05, 0.1) is 6.54 Å². The second-order valence-electron chi connectivity index (χ2n) is 5.37. The molecule has 1 aromatic rings. The Kier molecular flexibility index (Phi) is 2.64. The summed E-state index contributed by atoms with van der Waals surface area (Å²) in [5, 5.41) is 9.15. The minimum Gasteiger partial charge on any atom is -0.480 e. The average Bonchev–Trinajstić information content (AvgIpc) is 2.95. The molecule has 98 valence electrons. The van der Waals surface area contributed by atoms with Crippen molar-refractivity contribution in [1.29, 1.82) is 0 Å². The lowest BCUT2D eigenvalue weighted by molar-refractivity contribution is -0.143. The van der Waals surface area contributed by atoms with Crippen LogP contribution in [0.4, 0.5) is 0 Å². The van der Waals surface area contributed by atoms with Crippen molar-refractivity contribution in [3.8, 4) is 0 Å². The van der Waals surface area contributed by atoms with Gasteiger partial charge in [-0.25, -0.2) is 4.98 Å². The Morgan fingerprint density at radius 2 is 2.39 bits per heavy atom. The minimum absolute atomic E-state index is 0.275. The quantitative estimate of drug-likeness (QED) is 0.773. The third kappa shape index (κ3) is 1.81. The fourth-order valence-electron chi connectivity index (χ4n) is 3.06. The Labute approximate surface area is 105 Å². The average molecular weight is 250 g/mol. The molecular formula is C12H18N4O2. The Balaban J connectivity index is 1.70. The number of nitrogens with zero attached hydrogens (tertiary/aromatic N) is 3. The number of hydrogen-bond donors (Lipinski definition) is 2. The van der Waals surface area contributed by atoms with E-state index < -0.39 is 11.5 Å². The van der Waals surface area contributed by atoms with E-state index in [0.29, 0.717) is 12.8 Å². The van der Waals surface area contributed by atoms with Gasteiger partial charge in [-0.2, -0.15) is 0 Å². The Bertz CT molecular complexity index is 472. The van der Waals surface area contributed by atoms with Gasteiger partial charge >= 0.3 is 5.97 Å². The van der Waals surface area contributed by atoms with Crippen LogP contribution in [0.1, 0.15) is 25.1 Å². The highest BCUT2D eigenvalue weighted by atomic mass is 16.4. The summed E-state index contributed by atoms with van der Waals surface area (Å²) in [5.74, 6) is 0.189. The zero-order valence-electron chi connectivity index (χ0n) is 10.2. The molecule has 1 aromatic heterocycles. The van der Waals surface area contributed by atoms with Crippen LogP contribution in [0, 0.1) is 0 Å². The molecule has 0 radical (unpaired) electrons. The van der Waals surface area contributed by atoms with Gasteiger partial charge in [-0.1, -0.05) is 0 Å². The van der Waals surface area contributed by atoms with Crippen LogP contribution in [-0.2, 0) is 17.9 Å². The summed E-state index contributed by atoms with van der Waals surface area (Å²) in [6, 6.07) is 0.275. The number of nitrogens with two attached hydrogens (primary N) is 1. The standard InChI is InChI=1S/C12H18N4O2/c13-12(11(17)18)2-1-9(7-12)16-6-5-15-4-3-14-10(15)8-16/h3-4,9H,1-2,5-8,13H2,(H,17,18). The van der Waals surface area contributed by atoms with Crippen molar-refractivity contribution in [1.82, 2.24) is 14.5 Å². The van der Waals surface area contributed by atoms with Gasteiger partial charge in [-0.05, 0) is 19.3 Å². The maximum absolute atomic E-state index is 11.1. The van der Waals surface area contributed by atoms with Crippen LogP contribution < -0.4 is 5.73 Å². The topological polar surface area (TPSA) is 84.4 Å². The van der Waals surface area contributed by atoms with Crippen LogP contribution in [0.15, 0.2) is 12.4 Å². The highest BCUT2D eigenvalue weighted by molar-refractivity contribution is 5.79. The van der Waals surface area contributed by atoms with Crippen molar-refractivity contribution in [2.45, 2.75) is 43.9 Å². The Morgan fingerprint density at radius 3 is 3.11 bits per heavy atom. The summed E-state index contributed by atoms with van der Waals surface area (Å²) in [7, 11) is 0. The Morgan fingerprint density at radius 1 is 1.56 bits per heavy atom. The molecule has 2 heterocycles. The van der Waals surface area contributed by atoms with E-state index in [1.54, 1.807) is 0 Å². The number of hydrogen-bond acceptors (Lipinski definition) is 4. The molecule has 6 nitrogen and oxygen atoms in total. The van der Waals surface area contributed by atoms with Gasteiger partial charge in [0.15, 0.2) is 0 Å². The van der Waals surface area contributed by atoms with Crippen LogP contribution in [-0.4, -0.2) is 43.7 Å². The molecule has 0 aromatic carbocycles. The second-order valence-corrected chi connectivity index (χ2v) is 5.37. The minimum atomic E-state index is -1.03. The molecule has 0 spiro atoms. The molecule has 2 unspecified atom stereocenters. The first-order valence-electron chi connectivity index (χ1n) is 6.35. The fraction of sp³-hybridized carbons (Fsp3) is 0.667. The molecule has 3 rings (SSSR count). The van der Waals surface area contributed by atoms with Crippen molar-refractivity contribution in [2.24, 2.45) is 5.73 Å². The van der Waals surface area contributed by atoms with Crippen molar-refractivity contribution in [3.05, 3.63) is 18.2 Å². The molecule has 3 N–H and O–H groups in total. The van der Waals surface area contributed by atoms with E-state index in [1.165, 1.54) is 0 Å². The van der Waals surface area contributed by atoms with Crippen LogP contribution >= 0.6 is 0 Å². The summed E-state index contributed by atoms with van der Waals surface area (Å²) >= 11 is 0. The maximum atomic E-state index is 11.1. The number of carboxylic acids is 1. The van der Waals surface area contributed by atoms with Crippen molar-refractivity contribution < 1.29 is 9.90 Å². The fourth-order valence-corrected chi connectivity index (χ4v) is 3.06. The van der Waals surface area contributed by atoms with E-state index in [4.69, 9.17) is 10.8 Å². The maximum Gasteiger partial charge on any atom is 0.323 e. The van der Waals surface area contributed by atoms with Gasteiger partial charge < -0.3 is 15.4 Å². The van der Waals surface area contributed by atoms with Crippen LogP contribution in [0.25, 0.3) is 0 Å². The molecule has 1 aliphatic heterocycles. The van der Waals surface area contributed by atoms with E-state index in [0.717, 1.165) is 31.9 Å². The van der Waals surface area contributed by atoms with Gasteiger partial charge in [0.1, 0.15) is 11.4 Å². The number of imidazole rings is 1. The SMILES string of the molecule is NC1(C(=O)O)CCC(N2CCn3ccnc3C2)C1. The van der Waals surface area contributed by atoms with E-state index in [2.05, 4.69) is 14.5 Å². The molecule has 0 amide bonds. The summed E-state index contributed by atoms with van der Waals surface area (Å²) in [5.41, 5.74) is 4.90. The van der Waals surface area contributed by atoms with Crippen LogP contribution in [0.3, 0.4) is 0 Å². The molecule has 1 aliphatic carbocycles. The van der Waals surface area contributed by atoms with Crippen molar-refractivity contribution in [2.75, 3.05) is 6.54 Å². The van der Waals surface area contributed by atoms with E-state index in [9.17, 15) is 4.79 Å².